The Balaban J connectivity index is 6.09. The molecule has 0 heterocycles. The van der Waals surface area contributed by atoms with Gasteiger partial charge in [-0.15, -0.1) is 0 Å². The third-order valence-corrected chi connectivity index (χ3v) is 27.8. The first kappa shape index (κ1) is 121. The van der Waals surface area contributed by atoms with E-state index in [4.69, 9.17) is 47.4 Å². The van der Waals surface area contributed by atoms with Gasteiger partial charge in [0, 0.05) is 61.5 Å². The van der Waals surface area contributed by atoms with Crippen LogP contribution >= 0.6 is 58.8 Å². The summed E-state index contributed by atoms with van der Waals surface area (Å²) >= 11 is 8.81. The molecule has 0 aromatic rings. The first-order valence-corrected chi connectivity index (χ1v) is 54.9. The lowest BCUT2D eigenvalue weighted by Crippen LogP contribution is -2.33. The highest BCUT2D eigenvalue weighted by Gasteiger charge is 2.23. The largest absolute Gasteiger partial charge is 0.462 e. The van der Waals surface area contributed by atoms with Crippen molar-refractivity contribution in [3.05, 3.63) is 0 Å². The van der Waals surface area contributed by atoms with E-state index in [-0.39, 0.29) is 158 Å². The van der Waals surface area contributed by atoms with Crippen molar-refractivity contribution in [2.24, 2.45) is 29.6 Å². The number of hydrogen-bond acceptors (Lipinski definition) is 29. The maximum absolute atomic E-state index is 13.3. The lowest BCUT2D eigenvalue weighted by atomic mass is 10.1. The summed E-state index contributed by atoms with van der Waals surface area (Å²) in [6.45, 7) is 25.3. The molecule has 1 N–H and O–H groups in total. The van der Waals surface area contributed by atoms with Crippen molar-refractivity contribution in [2.75, 3.05) is 196 Å². The van der Waals surface area contributed by atoms with Gasteiger partial charge in [0.15, 0.2) is 0 Å². The molecule has 0 saturated carbocycles. The Morgan fingerprint density at radius 3 is 0.592 bits per heavy atom. The second-order valence-electron chi connectivity index (χ2n) is 33.5. The van der Waals surface area contributed by atoms with E-state index in [1.807, 2.05) is 44.4 Å². The molecule has 0 amide bonds. The zero-order chi connectivity index (χ0) is 91.9. The van der Waals surface area contributed by atoms with E-state index < -0.39 is 29.8 Å². The summed E-state index contributed by atoms with van der Waals surface area (Å²) in [4.78, 5) is 136. The predicted molar refractivity (Wildman–Crippen MR) is 517 cm³/mol. The van der Waals surface area contributed by atoms with Crippen LogP contribution in [0.1, 0.15) is 326 Å². The van der Waals surface area contributed by atoms with Crippen LogP contribution < -0.4 is 5.32 Å². The van der Waals surface area contributed by atoms with E-state index in [1.54, 1.807) is 58.8 Å². The molecule has 0 saturated heterocycles. The van der Waals surface area contributed by atoms with Gasteiger partial charge in [0.05, 0.1) is 61.7 Å². The Morgan fingerprint density at radius 2 is 0.384 bits per heavy atom. The molecular formula is C96H178N4O20S5. The van der Waals surface area contributed by atoms with Gasteiger partial charge >= 0.3 is 59.7 Å². The Bertz CT molecular complexity index is 2510. The highest BCUT2D eigenvalue weighted by molar-refractivity contribution is 8.00. The minimum atomic E-state index is -0.452. The number of carbonyl (C=O) groups is 10. The van der Waals surface area contributed by atoms with Crippen molar-refractivity contribution in [3.8, 4) is 0 Å². The van der Waals surface area contributed by atoms with E-state index in [0.29, 0.717) is 107 Å². The lowest BCUT2D eigenvalue weighted by molar-refractivity contribution is -0.154. The van der Waals surface area contributed by atoms with Crippen LogP contribution in [-0.4, -0.2) is 270 Å². The number of hydrogen-bond donors (Lipinski definition) is 1. The number of nitrogens with zero attached hydrogens (tertiary/aromatic N) is 3. The minimum absolute atomic E-state index is 0.0234. The molecule has 0 aliphatic rings. The standard InChI is InChI=1S/C96H178N4O20S5/c1-11-16-21-26-31-39-72-121-77-82(6)92(106)116-67-62-111-87(101)46-57-98(53-37-36-38-54-99(58-47-88(102)112-63-68-117-93(107)83(7)78-122-73-40-32-27-22-17-12-2)59-48-89(103)113-64-69-118-94(108)84(8)79-123-74-41-33-28-23-18-13-3)55-44-51-97-52-45-56-100(60-49-90(104)114-65-70-119-95(109)85(9)80-124-75-42-34-29-24-19-14-4)61-50-91(105)115-66-71-120-96(110)86(10)81-125-76-43-35-30-25-20-15-5/h82-86,97H,11-81H2,1-10H3. The number of ether oxygens (including phenoxy) is 10. The molecule has 0 aliphatic heterocycles. The molecule has 0 aromatic carbocycles. The molecule has 29 heteroatoms. The molecule has 24 nitrogen and oxygen atoms in total. The SMILES string of the molecule is CCCCCCCCSCC(C)C(=O)OCCOC(=O)CCN(CCCCCN(CCC(=O)OCCOC(=O)C(C)CSCCCCCCCC)CCC(=O)OCCOC(=O)C(C)CSCCCCCCCC)CCCNCCCN(CCC(=O)OCCOC(=O)C(C)CSCCCCCCCC)CCC(=O)OCCOC(=O)C(C)CSCCCCCCCC. The Hall–Kier alpha value is -3.71. The van der Waals surface area contributed by atoms with Crippen LogP contribution in [0.4, 0.5) is 0 Å². The smallest absolute Gasteiger partial charge is 0.309 e. The Labute approximate surface area is 780 Å². The van der Waals surface area contributed by atoms with Crippen molar-refractivity contribution < 1.29 is 95.3 Å². The average molecular weight is 1870 g/mol. The number of thioether (sulfide) groups is 5. The molecule has 732 valence electrons. The van der Waals surface area contributed by atoms with Crippen LogP contribution in [0, 0.1) is 29.6 Å². The van der Waals surface area contributed by atoms with Gasteiger partial charge in [0.2, 0.25) is 0 Å². The van der Waals surface area contributed by atoms with Crippen molar-refractivity contribution in [2.45, 2.75) is 326 Å². The third-order valence-electron chi connectivity index (χ3n) is 21.3. The van der Waals surface area contributed by atoms with Gasteiger partial charge < -0.3 is 67.4 Å². The van der Waals surface area contributed by atoms with Gasteiger partial charge in [-0.3, -0.25) is 47.9 Å². The molecule has 0 rings (SSSR count). The van der Waals surface area contributed by atoms with E-state index in [9.17, 15) is 47.9 Å². The van der Waals surface area contributed by atoms with Crippen LogP contribution in [0.25, 0.3) is 0 Å². The summed E-state index contributed by atoms with van der Waals surface area (Å²) in [5, 5.41) is 3.55. The number of esters is 10. The van der Waals surface area contributed by atoms with Crippen LogP contribution in [0.2, 0.25) is 0 Å². The van der Waals surface area contributed by atoms with E-state index >= 15 is 0 Å². The van der Waals surface area contributed by atoms with E-state index in [2.05, 4.69) is 44.8 Å². The van der Waals surface area contributed by atoms with Crippen molar-refractivity contribution in [3.63, 3.8) is 0 Å². The van der Waals surface area contributed by atoms with Gasteiger partial charge in [-0.1, -0.05) is 236 Å². The fourth-order valence-corrected chi connectivity index (χ4v) is 18.5. The lowest BCUT2D eigenvalue weighted by Gasteiger charge is -2.24. The average Bonchev–Trinajstić information content (AvgIpc) is 0.975. The molecular weight excluding hydrogens is 1690 g/mol. The molecule has 0 fully saturated rings. The third kappa shape index (κ3) is 80.8. The Kier molecular flexibility index (Phi) is 88.1. The maximum Gasteiger partial charge on any atom is 0.309 e. The quantitative estimate of drug-likeness (QED) is 0.0336. The summed E-state index contributed by atoms with van der Waals surface area (Å²) in [7, 11) is 0. The topological polar surface area (TPSA) is 285 Å². The first-order valence-electron chi connectivity index (χ1n) is 49.1. The monoisotopic (exact) mass is 1870 g/mol. The second kappa shape index (κ2) is 90.8. The summed E-state index contributed by atoms with van der Waals surface area (Å²) < 4.78 is 55.0. The summed E-state index contributed by atoms with van der Waals surface area (Å²) in [5.41, 5.74) is 0. The van der Waals surface area contributed by atoms with Gasteiger partial charge in [0.1, 0.15) is 66.1 Å². The highest BCUT2D eigenvalue weighted by atomic mass is 32.2. The van der Waals surface area contributed by atoms with Crippen LogP contribution in [0.5, 0.6) is 0 Å². The molecule has 0 radical (unpaired) electrons. The fourth-order valence-electron chi connectivity index (χ4n) is 13.2. The Morgan fingerprint density at radius 1 is 0.216 bits per heavy atom. The second-order valence-corrected chi connectivity index (χ2v) is 39.2. The zero-order valence-electron chi connectivity index (χ0n) is 80.1. The molecule has 0 aliphatic carbocycles. The number of rotatable bonds is 94. The predicted octanol–water partition coefficient (Wildman–Crippen LogP) is 19.5. The first-order chi connectivity index (χ1) is 60.7. The summed E-state index contributed by atoms with van der Waals surface area (Å²) in [6.07, 6.45) is 40.7. The van der Waals surface area contributed by atoms with E-state index in [1.165, 1.54) is 161 Å². The summed E-state index contributed by atoms with van der Waals surface area (Å²) in [5.74, 6) is 3.24. The molecule has 125 heavy (non-hydrogen) atoms. The number of unbranched alkanes of at least 4 members (excludes halogenated alkanes) is 27. The van der Waals surface area contributed by atoms with E-state index in [0.717, 1.165) is 86.6 Å². The maximum atomic E-state index is 13.3. The van der Waals surface area contributed by atoms with Crippen molar-refractivity contribution >= 4 is 119 Å². The molecule has 5 atom stereocenters. The molecule has 5 unspecified atom stereocenters. The van der Waals surface area contributed by atoms with Crippen LogP contribution in [-0.2, 0) is 95.3 Å². The van der Waals surface area contributed by atoms with Gasteiger partial charge in [-0.2, -0.15) is 58.8 Å². The zero-order valence-corrected chi connectivity index (χ0v) is 84.2. The van der Waals surface area contributed by atoms with Gasteiger partial charge in [0.25, 0.3) is 0 Å². The van der Waals surface area contributed by atoms with Crippen molar-refractivity contribution in [1.82, 2.24) is 20.0 Å². The van der Waals surface area contributed by atoms with Gasteiger partial charge in [-0.25, -0.2) is 0 Å². The number of nitrogens with one attached hydrogen (secondary N) is 1. The number of carbonyl (C=O) groups excluding carboxylic acids is 10. The van der Waals surface area contributed by atoms with Crippen molar-refractivity contribution in [1.29, 1.82) is 0 Å². The van der Waals surface area contributed by atoms with Crippen LogP contribution in [0.3, 0.4) is 0 Å². The fraction of sp³-hybridized carbons (Fsp3) is 0.896. The minimum Gasteiger partial charge on any atom is -0.462 e. The highest BCUT2D eigenvalue weighted by Crippen LogP contribution is 2.21. The molecule has 0 aromatic heterocycles. The summed E-state index contributed by atoms with van der Waals surface area (Å²) in [6, 6.07) is 0. The van der Waals surface area contributed by atoms with Crippen LogP contribution in [0.15, 0.2) is 0 Å². The van der Waals surface area contributed by atoms with Gasteiger partial charge in [-0.05, 0) is 126 Å². The normalized spacial score (nSPS) is 12.7. The molecule has 0 spiro atoms. The molecule has 0 bridgehead atoms.